The number of halogens is 3. The summed E-state index contributed by atoms with van der Waals surface area (Å²) in [4.78, 5) is 2.02. The molecule has 5 unspecified atom stereocenters. The van der Waals surface area contributed by atoms with Gasteiger partial charge in [0, 0.05) is 20.2 Å². The Bertz CT molecular complexity index is 418. The Labute approximate surface area is 143 Å². The van der Waals surface area contributed by atoms with Crippen molar-refractivity contribution in [1.29, 1.82) is 0 Å². The Balaban J connectivity index is 1.56. The van der Waals surface area contributed by atoms with E-state index in [1.165, 1.54) is 0 Å². The van der Waals surface area contributed by atoms with E-state index in [1.54, 1.807) is 7.11 Å². The zero-order chi connectivity index (χ0) is 17.2. The molecular formula is C14H24F3N3O3S. The molecule has 1 saturated carbocycles. The highest BCUT2D eigenvalue weighted by Crippen LogP contribution is 2.34. The Morgan fingerprint density at radius 3 is 2.75 bits per heavy atom. The molecule has 2 heterocycles. The fourth-order valence-corrected chi connectivity index (χ4v) is 4.47. The van der Waals surface area contributed by atoms with Crippen molar-refractivity contribution < 1.29 is 27.4 Å². The zero-order valence-corrected chi connectivity index (χ0v) is 14.4. The first-order valence-electron chi connectivity index (χ1n) is 8.17. The maximum atomic E-state index is 12.8. The Hall–Kier alpha value is -0.100. The van der Waals surface area contributed by atoms with Crippen molar-refractivity contribution in [3.05, 3.63) is 0 Å². The molecule has 3 aliphatic rings. The molecule has 0 spiro atoms. The maximum Gasteiger partial charge on any atom is 0.417 e. The summed E-state index contributed by atoms with van der Waals surface area (Å²) in [5.41, 5.74) is -0.426. The fraction of sp³-hybridized carbons (Fsp3) is 1.00. The molecule has 140 valence electrons. The zero-order valence-electron chi connectivity index (χ0n) is 13.6. The van der Waals surface area contributed by atoms with Gasteiger partial charge in [-0.25, -0.2) is 4.72 Å². The van der Waals surface area contributed by atoms with E-state index >= 15 is 0 Å². The molecule has 0 amide bonds. The van der Waals surface area contributed by atoms with Gasteiger partial charge in [-0.2, -0.15) is 13.2 Å². The average molecular weight is 371 g/mol. The molecule has 6 nitrogen and oxygen atoms in total. The van der Waals surface area contributed by atoms with Crippen LogP contribution in [-0.4, -0.2) is 68.5 Å². The van der Waals surface area contributed by atoms with E-state index in [2.05, 4.69) is 10.0 Å². The predicted molar refractivity (Wildman–Crippen MR) is 82.9 cm³/mol. The second-order valence-corrected chi connectivity index (χ2v) is 7.34. The monoisotopic (exact) mass is 371 g/mol. The summed E-state index contributed by atoms with van der Waals surface area (Å²) < 4.78 is 57.2. The highest BCUT2D eigenvalue weighted by Gasteiger charge is 2.46. The molecule has 3 rings (SSSR count). The second kappa shape index (κ2) is 8.07. The number of nitrogens with one attached hydrogen (secondary N) is 2. The van der Waals surface area contributed by atoms with E-state index in [4.69, 9.17) is 14.2 Å². The van der Waals surface area contributed by atoms with Crippen molar-refractivity contribution in [2.75, 3.05) is 33.6 Å². The summed E-state index contributed by atoms with van der Waals surface area (Å²) in [7, 11) is 1.60. The summed E-state index contributed by atoms with van der Waals surface area (Å²) in [6, 6.07) is 0. The molecule has 24 heavy (non-hydrogen) atoms. The molecule has 0 aromatic rings. The second-order valence-electron chi connectivity index (χ2n) is 6.42. The Morgan fingerprint density at radius 1 is 1.25 bits per heavy atom. The van der Waals surface area contributed by atoms with Crippen LogP contribution in [0.2, 0.25) is 0 Å². The van der Waals surface area contributed by atoms with Crippen molar-refractivity contribution in [2.24, 2.45) is 5.92 Å². The average Bonchev–Trinajstić information content (AvgIpc) is 3.19. The van der Waals surface area contributed by atoms with Crippen LogP contribution in [-0.2, 0) is 14.2 Å². The molecule has 1 aliphatic carbocycles. The lowest BCUT2D eigenvalue weighted by Crippen LogP contribution is -2.51. The Kier molecular flexibility index (Phi) is 6.28. The standard InChI is InChI=1S/C14H24F3N3O3S/c1-21-5-4-20(13-18-12(19-24-13)14(15,16)17)7-9-2-3-10-11(6-9)23-8-22-10/h9-13,18-19H,2-8H2,1H3. The van der Waals surface area contributed by atoms with E-state index in [-0.39, 0.29) is 12.2 Å². The third-order valence-electron chi connectivity index (χ3n) is 4.75. The first-order chi connectivity index (χ1) is 11.5. The van der Waals surface area contributed by atoms with Crippen molar-refractivity contribution in [3.8, 4) is 0 Å². The summed E-state index contributed by atoms with van der Waals surface area (Å²) in [5, 5.41) is 2.62. The molecule has 10 heteroatoms. The lowest BCUT2D eigenvalue weighted by Gasteiger charge is -2.35. The summed E-state index contributed by atoms with van der Waals surface area (Å²) >= 11 is 1.08. The van der Waals surface area contributed by atoms with E-state index < -0.39 is 17.8 Å². The molecule has 0 aromatic heterocycles. The normalized spacial score (nSPS) is 37.1. The minimum atomic E-state index is -4.30. The molecule has 2 N–H and O–H groups in total. The first kappa shape index (κ1) is 18.7. The quantitative estimate of drug-likeness (QED) is 0.686. The highest BCUT2D eigenvalue weighted by atomic mass is 32.2. The van der Waals surface area contributed by atoms with Gasteiger partial charge in [-0.3, -0.25) is 10.2 Å². The lowest BCUT2D eigenvalue weighted by molar-refractivity contribution is -0.158. The van der Waals surface area contributed by atoms with Crippen LogP contribution in [0.1, 0.15) is 19.3 Å². The number of rotatable bonds is 6. The largest absolute Gasteiger partial charge is 0.417 e. The molecule has 2 aliphatic heterocycles. The van der Waals surface area contributed by atoms with Gasteiger partial charge in [0.15, 0.2) is 6.17 Å². The van der Waals surface area contributed by atoms with Crippen LogP contribution in [0.25, 0.3) is 0 Å². The van der Waals surface area contributed by atoms with Gasteiger partial charge in [0.2, 0.25) is 0 Å². The van der Waals surface area contributed by atoms with Gasteiger partial charge in [0.25, 0.3) is 0 Å². The van der Waals surface area contributed by atoms with Gasteiger partial charge in [-0.15, -0.1) is 0 Å². The van der Waals surface area contributed by atoms with Gasteiger partial charge in [-0.05, 0) is 37.1 Å². The van der Waals surface area contributed by atoms with Crippen molar-refractivity contribution in [3.63, 3.8) is 0 Å². The number of alkyl halides is 3. The minimum absolute atomic E-state index is 0.123. The number of hydrogen-bond acceptors (Lipinski definition) is 7. The fourth-order valence-electron chi connectivity index (χ4n) is 3.46. The van der Waals surface area contributed by atoms with Crippen LogP contribution in [0.15, 0.2) is 0 Å². The summed E-state index contributed by atoms with van der Waals surface area (Å²) in [6.45, 7) is 2.13. The molecule has 0 bridgehead atoms. The van der Waals surface area contributed by atoms with Crippen LogP contribution in [0.3, 0.4) is 0 Å². The molecule has 3 fully saturated rings. The van der Waals surface area contributed by atoms with E-state index in [0.717, 1.165) is 31.2 Å². The third kappa shape index (κ3) is 4.54. The van der Waals surface area contributed by atoms with Crippen molar-refractivity contribution >= 4 is 11.9 Å². The molecule has 5 atom stereocenters. The van der Waals surface area contributed by atoms with Gasteiger partial charge < -0.3 is 14.2 Å². The van der Waals surface area contributed by atoms with E-state index in [0.29, 0.717) is 32.4 Å². The van der Waals surface area contributed by atoms with E-state index in [1.807, 2.05) is 4.90 Å². The van der Waals surface area contributed by atoms with E-state index in [9.17, 15) is 13.2 Å². The molecular weight excluding hydrogens is 347 g/mol. The van der Waals surface area contributed by atoms with Gasteiger partial charge in [0.05, 0.1) is 18.8 Å². The maximum absolute atomic E-state index is 12.8. The number of hydrogen-bond donors (Lipinski definition) is 2. The SMILES string of the molecule is COCCN(CC1CCC2OCOC2C1)C1NC(C(F)(F)F)NS1. The lowest BCUT2D eigenvalue weighted by atomic mass is 9.85. The summed E-state index contributed by atoms with van der Waals surface area (Å²) in [5.74, 6) is 0.386. The minimum Gasteiger partial charge on any atom is -0.383 e. The third-order valence-corrected chi connectivity index (χ3v) is 5.77. The number of nitrogens with zero attached hydrogens (tertiary/aromatic N) is 1. The van der Waals surface area contributed by atoms with Crippen LogP contribution >= 0.6 is 11.9 Å². The highest BCUT2D eigenvalue weighted by molar-refractivity contribution is 7.98. The van der Waals surface area contributed by atoms with Crippen molar-refractivity contribution in [2.45, 2.75) is 49.3 Å². The molecule has 0 radical (unpaired) electrons. The Morgan fingerprint density at radius 2 is 2.04 bits per heavy atom. The number of ether oxygens (including phenoxy) is 3. The predicted octanol–water partition coefficient (Wildman–Crippen LogP) is 1.49. The first-order valence-corrected chi connectivity index (χ1v) is 9.05. The molecule has 2 saturated heterocycles. The van der Waals surface area contributed by atoms with Crippen LogP contribution in [0.5, 0.6) is 0 Å². The van der Waals surface area contributed by atoms with Gasteiger partial charge >= 0.3 is 6.18 Å². The smallest absolute Gasteiger partial charge is 0.383 e. The van der Waals surface area contributed by atoms with Crippen LogP contribution < -0.4 is 10.0 Å². The van der Waals surface area contributed by atoms with Crippen LogP contribution in [0.4, 0.5) is 13.2 Å². The topological polar surface area (TPSA) is 55.0 Å². The molecule has 0 aromatic carbocycles. The van der Waals surface area contributed by atoms with Crippen LogP contribution in [0, 0.1) is 5.92 Å². The number of fused-ring (bicyclic) bond motifs is 1. The summed E-state index contributed by atoms with van der Waals surface area (Å²) in [6.07, 6.45) is -2.84. The number of methoxy groups -OCH3 is 1. The van der Waals surface area contributed by atoms with Gasteiger partial charge in [0.1, 0.15) is 12.3 Å². The van der Waals surface area contributed by atoms with Crippen molar-refractivity contribution in [1.82, 2.24) is 14.9 Å². The van der Waals surface area contributed by atoms with Gasteiger partial charge in [-0.1, -0.05) is 0 Å².